The fourth-order valence-electron chi connectivity index (χ4n) is 5.60. The second kappa shape index (κ2) is 12.2. The predicted molar refractivity (Wildman–Crippen MR) is 140 cm³/mol. The average molecular weight is 491 g/mol. The van der Waals surface area contributed by atoms with Gasteiger partial charge in [-0.05, 0) is 50.3 Å². The lowest BCUT2D eigenvalue weighted by Crippen LogP contribution is -2.58. The molecule has 2 aliphatic heterocycles. The van der Waals surface area contributed by atoms with Gasteiger partial charge in [0, 0.05) is 6.04 Å². The molecule has 0 aliphatic carbocycles. The van der Waals surface area contributed by atoms with Crippen molar-refractivity contribution in [3.63, 3.8) is 0 Å². The first-order valence-corrected chi connectivity index (χ1v) is 13.2. The van der Waals surface area contributed by atoms with Gasteiger partial charge in [-0.2, -0.15) is 0 Å². The van der Waals surface area contributed by atoms with E-state index in [0.717, 1.165) is 36.8 Å². The second-order valence-electron chi connectivity index (χ2n) is 9.85. The fraction of sp³-hybridized carbons (Fsp3) is 0.483. The first-order valence-electron chi connectivity index (χ1n) is 13.2. The molecule has 36 heavy (non-hydrogen) atoms. The van der Waals surface area contributed by atoms with Crippen molar-refractivity contribution in [2.24, 2.45) is 0 Å². The smallest absolute Gasteiger partial charge is 0.246 e. The average Bonchev–Trinajstić information content (AvgIpc) is 3.33. The third-order valence-corrected chi connectivity index (χ3v) is 7.58. The molecule has 2 aromatic carbocycles. The van der Waals surface area contributed by atoms with Gasteiger partial charge in [-0.3, -0.25) is 14.4 Å². The lowest BCUT2D eigenvalue weighted by Gasteiger charge is -2.36. The molecule has 2 aromatic rings. The van der Waals surface area contributed by atoms with Gasteiger partial charge >= 0.3 is 0 Å². The largest absolute Gasteiger partial charge is 0.343 e. The number of nitrogens with zero attached hydrogens (tertiary/aromatic N) is 1. The van der Waals surface area contributed by atoms with Crippen molar-refractivity contribution >= 4 is 17.7 Å². The highest BCUT2D eigenvalue weighted by Crippen LogP contribution is 2.32. The minimum absolute atomic E-state index is 0.0334. The highest BCUT2D eigenvalue weighted by atomic mass is 16.2. The van der Waals surface area contributed by atoms with Crippen molar-refractivity contribution in [2.45, 2.75) is 82.1 Å². The van der Waals surface area contributed by atoms with Gasteiger partial charge in [0.25, 0.3) is 0 Å². The zero-order valence-corrected chi connectivity index (χ0v) is 21.3. The van der Waals surface area contributed by atoms with E-state index in [1.807, 2.05) is 67.6 Å². The Balaban J connectivity index is 1.55. The maximum absolute atomic E-state index is 13.8. The van der Waals surface area contributed by atoms with Crippen molar-refractivity contribution in [3.8, 4) is 0 Å². The molecule has 4 rings (SSSR count). The Morgan fingerprint density at radius 3 is 2.11 bits per heavy atom. The van der Waals surface area contributed by atoms with Gasteiger partial charge in [-0.25, -0.2) is 0 Å². The molecule has 2 heterocycles. The van der Waals surface area contributed by atoms with E-state index in [9.17, 15) is 14.4 Å². The third kappa shape index (κ3) is 5.78. The second-order valence-corrected chi connectivity index (χ2v) is 9.85. The summed E-state index contributed by atoms with van der Waals surface area (Å²) in [5.41, 5.74) is 1.99. The van der Waals surface area contributed by atoms with E-state index in [-0.39, 0.29) is 35.8 Å². The highest BCUT2D eigenvalue weighted by Gasteiger charge is 2.44. The van der Waals surface area contributed by atoms with Crippen LogP contribution in [0.2, 0.25) is 0 Å². The zero-order chi connectivity index (χ0) is 25.5. The van der Waals surface area contributed by atoms with Gasteiger partial charge in [0.1, 0.15) is 12.1 Å². The van der Waals surface area contributed by atoms with Crippen LogP contribution in [0.25, 0.3) is 0 Å². The molecule has 0 aromatic heterocycles. The molecule has 4 atom stereocenters. The molecular formula is C29H38N4O3. The van der Waals surface area contributed by atoms with Gasteiger partial charge in [0.2, 0.25) is 17.7 Å². The van der Waals surface area contributed by atoms with Crippen LogP contribution in [0.1, 0.15) is 69.0 Å². The Labute approximate surface area is 214 Å². The highest BCUT2D eigenvalue weighted by molar-refractivity contribution is 5.94. The van der Waals surface area contributed by atoms with Crippen LogP contribution in [0.15, 0.2) is 60.7 Å². The Bertz CT molecular complexity index is 986. The van der Waals surface area contributed by atoms with Crippen LogP contribution in [-0.2, 0) is 14.4 Å². The topological polar surface area (TPSA) is 90.5 Å². The number of nitrogens with one attached hydrogen (secondary N) is 3. The molecule has 0 radical (unpaired) electrons. The van der Waals surface area contributed by atoms with Crippen molar-refractivity contribution in [1.82, 2.24) is 20.9 Å². The Morgan fingerprint density at radius 2 is 1.53 bits per heavy atom. The molecule has 2 fully saturated rings. The van der Waals surface area contributed by atoms with Crippen molar-refractivity contribution in [3.05, 3.63) is 71.8 Å². The summed E-state index contributed by atoms with van der Waals surface area (Å²) in [6.45, 7) is 1.94. The molecule has 7 heteroatoms. The van der Waals surface area contributed by atoms with E-state index in [1.165, 1.54) is 0 Å². The molecule has 3 N–H and O–H groups in total. The first kappa shape index (κ1) is 25.9. The van der Waals surface area contributed by atoms with Crippen molar-refractivity contribution in [1.29, 1.82) is 0 Å². The molecule has 3 amide bonds. The summed E-state index contributed by atoms with van der Waals surface area (Å²) in [5.74, 6) is -0.438. The molecule has 0 bridgehead atoms. The van der Waals surface area contributed by atoms with Gasteiger partial charge in [-0.1, -0.05) is 80.4 Å². The summed E-state index contributed by atoms with van der Waals surface area (Å²) in [5, 5.41) is 9.23. The lowest BCUT2D eigenvalue weighted by molar-refractivity contribution is -0.144. The Morgan fingerprint density at radius 1 is 0.917 bits per heavy atom. The van der Waals surface area contributed by atoms with E-state index < -0.39 is 12.1 Å². The van der Waals surface area contributed by atoms with Crippen LogP contribution < -0.4 is 16.0 Å². The SMILES string of the molecule is CC[C@H](NC)C(=O)N[C@H]1CCCC[C@H]2CC[C@@H](C(=O)NC(c3ccccc3)c3ccccc3)N2C1=O. The summed E-state index contributed by atoms with van der Waals surface area (Å²) in [6.07, 6.45) is 5.44. The van der Waals surface area contributed by atoms with Crippen LogP contribution in [0, 0.1) is 0 Å². The minimum Gasteiger partial charge on any atom is -0.343 e. The van der Waals surface area contributed by atoms with E-state index in [0.29, 0.717) is 19.3 Å². The van der Waals surface area contributed by atoms with Crippen LogP contribution in [0.5, 0.6) is 0 Å². The van der Waals surface area contributed by atoms with Gasteiger partial charge in [0.05, 0.1) is 12.1 Å². The molecule has 2 saturated heterocycles. The number of fused-ring (bicyclic) bond motifs is 1. The van der Waals surface area contributed by atoms with Crippen molar-refractivity contribution < 1.29 is 14.4 Å². The third-order valence-electron chi connectivity index (χ3n) is 7.58. The number of likely N-dealkylation sites (N-methyl/N-ethyl adjacent to an activating group) is 1. The quantitative estimate of drug-likeness (QED) is 0.530. The number of hydrogen-bond acceptors (Lipinski definition) is 4. The first-order chi connectivity index (χ1) is 17.5. The molecular weight excluding hydrogens is 452 g/mol. The summed E-state index contributed by atoms with van der Waals surface area (Å²) >= 11 is 0. The number of hydrogen-bond donors (Lipinski definition) is 3. The van der Waals surface area contributed by atoms with Gasteiger partial charge in [-0.15, -0.1) is 0 Å². The molecule has 7 nitrogen and oxygen atoms in total. The predicted octanol–water partition coefficient (Wildman–Crippen LogP) is 3.31. The number of amides is 3. The monoisotopic (exact) mass is 490 g/mol. The maximum atomic E-state index is 13.8. The molecule has 0 saturated carbocycles. The number of benzene rings is 2. The maximum Gasteiger partial charge on any atom is 0.246 e. The Kier molecular flexibility index (Phi) is 8.75. The fourth-order valence-corrected chi connectivity index (χ4v) is 5.60. The minimum atomic E-state index is -0.602. The van der Waals surface area contributed by atoms with Crippen LogP contribution in [0.4, 0.5) is 0 Å². The van der Waals surface area contributed by atoms with E-state index in [4.69, 9.17) is 0 Å². The van der Waals surface area contributed by atoms with E-state index in [1.54, 1.807) is 11.9 Å². The number of carbonyl (C=O) groups excluding carboxylic acids is 3. The van der Waals surface area contributed by atoms with Crippen LogP contribution in [-0.4, -0.2) is 53.8 Å². The zero-order valence-electron chi connectivity index (χ0n) is 21.3. The van der Waals surface area contributed by atoms with E-state index in [2.05, 4.69) is 16.0 Å². The molecule has 0 spiro atoms. The van der Waals surface area contributed by atoms with Crippen LogP contribution in [0.3, 0.4) is 0 Å². The molecule has 192 valence electrons. The van der Waals surface area contributed by atoms with E-state index >= 15 is 0 Å². The van der Waals surface area contributed by atoms with Gasteiger partial charge in [0.15, 0.2) is 0 Å². The summed E-state index contributed by atoms with van der Waals surface area (Å²) in [4.78, 5) is 42.0. The summed E-state index contributed by atoms with van der Waals surface area (Å²) in [6, 6.07) is 18.1. The molecule has 0 unspecified atom stereocenters. The van der Waals surface area contributed by atoms with Crippen molar-refractivity contribution in [2.75, 3.05) is 7.05 Å². The summed E-state index contributed by atoms with van der Waals surface area (Å²) in [7, 11) is 1.75. The number of rotatable bonds is 8. The summed E-state index contributed by atoms with van der Waals surface area (Å²) < 4.78 is 0. The lowest BCUT2D eigenvalue weighted by atomic mass is 9.97. The van der Waals surface area contributed by atoms with Gasteiger partial charge < -0.3 is 20.9 Å². The Hall–Kier alpha value is -3.19. The normalized spacial score (nSPS) is 22.9. The van der Waals surface area contributed by atoms with Crippen LogP contribution >= 0.6 is 0 Å². The standard InChI is InChI=1S/C29H38N4O3/c1-3-23(30-2)27(34)31-24-17-11-10-16-22-18-19-25(33(22)29(24)36)28(35)32-26(20-12-6-4-7-13-20)21-14-8-5-9-15-21/h4-9,12-15,22-26,30H,3,10-11,16-19H2,1-2H3,(H,31,34)(H,32,35)/t22-,23-,24-,25-/m0/s1. The number of carbonyl (C=O) groups is 3. The molecule has 2 aliphatic rings.